The van der Waals surface area contributed by atoms with Gasteiger partial charge in [-0.3, -0.25) is 13.9 Å². The summed E-state index contributed by atoms with van der Waals surface area (Å²) >= 11 is 0. The number of carbonyl (C=O) groups excluding carboxylic acids is 2. The zero-order chi connectivity index (χ0) is 27.2. The van der Waals surface area contributed by atoms with Gasteiger partial charge in [0, 0.05) is 18.2 Å². The smallest absolute Gasteiger partial charge is 0.251 e. The maximum atomic E-state index is 13.2. The Labute approximate surface area is 218 Å². The van der Waals surface area contributed by atoms with Crippen LogP contribution in [0.3, 0.4) is 0 Å². The first-order valence-corrected chi connectivity index (χ1v) is 13.6. The predicted molar refractivity (Wildman–Crippen MR) is 145 cm³/mol. The van der Waals surface area contributed by atoms with E-state index < -0.39 is 34.0 Å². The topological polar surface area (TPSA) is 116 Å². The largest absolute Gasteiger partial charge is 0.391 e. The second-order valence-corrected chi connectivity index (χ2v) is 11.0. The van der Waals surface area contributed by atoms with Crippen molar-refractivity contribution in [1.82, 2.24) is 10.6 Å². The van der Waals surface area contributed by atoms with Crippen molar-refractivity contribution in [1.29, 1.82) is 0 Å². The van der Waals surface area contributed by atoms with Crippen molar-refractivity contribution in [2.24, 2.45) is 0 Å². The van der Waals surface area contributed by atoms with Crippen molar-refractivity contribution in [3.8, 4) is 0 Å². The van der Waals surface area contributed by atoms with Crippen LogP contribution in [0.25, 0.3) is 0 Å². The van der Waals surface area contributed by atoms with Gasteiger partial charge in [-0.1, -0.05) is 60.7 Å². The number of carbonyl (C=O) groups is 2. The summed E-state index contributed by atoms with van der Waals surface area (Å²) in [6.45, 7) is 5.49. The molecule has 0 aromatic heterocycles. The van der Waals surface area contributed by atoms with E-state index in [0.29, 0.717) is 6.42 Å². The van der Waals surface area contributed by atoms with E-state index in [2.05, 4.69) is 17.6 Å². The average Bonchev–Trinajstić information content (AvgIpc) is 2.88. The lowest BCUT2D eigenvalue weighted by molar-refractivity contribution is 0.0882. The molecule has 3 rings (SSSR count). The second-order valence-electron chi connectivity index (χ2n) is 8.94. The van der Waals surface area contributed by atoms with E-state index in [1.165, 1.54) is 25.2 Å². The third kappa shape index (κ3) is 7.65. The Balaban J connectivity index is 1.91. The fourth-order valence-electron chi connectivity index (χ4n) is 3.75. The van der Waals surface area contributed by atoms with Gasteiger partial charge in [-0.15, -0.1) is 0 Å². The molecule has 195 valence electrons. The number of hydrogen-bond donors (Lipinski definition) is 3. The Morgan fingerprint density at radius 3 is 1.95 bits per heavy atom. The maximum Gasteiger partial charge on any atom is 0.251 e. The zero-order valence-corrected chi connectivity index (χ0v) is 21.9. The summed E-state index contributed by atoms with van der Waals surface area (Å²) in [5.74, 6) is -1.04. The van der Waals surface area contributed by atoms with Gasteiger partial charge in [0.2, 0.25) is 10.0 Å². The molecule has 0 saturated heterocycles. The summed E-state index contributed by atoms with van der Waals surface area (Å²) in [5.41, 5.74) is 2.14. The SMILES string of the molecule is [CH2]C(O)C(Cc1ccccc1)NC(=O)c1cc(C(=O)N[C@H](C)c2ccccc2)cc(N(C)S(C)(=O)=O)c1. The van der Waals surface area contributed by atoms with Crippen molar-refractivity contribution in [2.75, 3.05) is 17.6 Å². The number of benzene rings is 3. The predicted octanol–water partition coefficient (Wildman–Crippen LogP) is 3.11. The van der Waals surface area contributed by atoms with E-state index in [1.54, 1.807) is 0 Å². The van der Waals surface area contributed by atoms with Gasteiger partial charge in [0.05, 0.1) is 30.1 Å². The van der Waals surface area contributed by atoms with Crippen LogP contribution < -0.4 is 14.9 Å². The fourth-order valence-corrected chi connectivity index (χ4v) is 4.24. The van der Waals surface area contributed by atoms with Crippen LogP contribution in [0.1, 0.15) is 44.8 Å². The number of hydrogen-bond acceptors (Lipinski definition) is 5. The molecular weight excluding hydrogens is 490 g/mol. The lowest BCUT2D eigenvalue weighted by Crippen LogP contribution is -2.44. The number of nitrogens with zero attached hydrogens (tertiary/aromatic N) is 1. The monoisotopic (exact) mass is 522 g/mol. The summed E-state index contributed by atoms with van der Waals surface area (Å²) in [5, 5.41) is 15.8. The zero-order valence-electron chi connectivity index (χ0n) is 21.1. The van der Waals surface area contributed by atoms with Gasteiger partial charge in [0.25, 0.3) is 11.8 Å². The molecule has 0 aliphatic carbocycles. The molecule has 8 nitrogen and oxygen atoms in total. The molecule has 3 atom stereocenters. The molecule has 0 aliphatic rings. The highest BCUT2D eigenvalue weighted by Crippen LogP contribution is 2.22. The molecule has 1 radical (unpaired) electrons. The third-order valence-corrected chi connectivity index (χ3v) is 7.24. The lowest BCUT2D eigenvalue weighted by atomic mass is 10.0. The van der Waals surface area contributed by atoms with Crippen LogP contribution in [0.5, 0.6) is 0 Å². The van der Waals surface area contributed by atoms with Gasteiger partial charge in [-0.05, 0) is 49.6 Å². The lowest BCUT2D eigenvalue weighted by Gasteiger charge is -2.23. The summed E-state index contributed by atoms with van der Waals surface area (Å²) in [6.07, 6.45) is 0.272. The quantitative estimate of drug-likeness (QED) is 0.378. The van der Waals surface area contributed by atoms with E-state index >= 15 is 0 Å². The molecule has 2 unspecified atom stereocenters. The molecule has 0 heterocycles. The van der Waals surface area contributed by atoms with E-state index in [-0.39, 0.29) is 22.9 Å². The third-order valence-electron chi connectivity index (χ3n) is 6.03. The van der Waals surface area contributed by atoms with Gasteiger partial charge in [0.15, 0.2) is 0 Å². The highest BCUT2D eigenvalue weighted by molar-refractivity contribution is 7.92. The van der Waals surface area contributed by atoms with Crippen LogP contribution >= 0.6 is 0 Å². The van der Waals surface area contributed by atoms with Crippen molar-refractivity contribution in [2.45, 2.75) is 31.5 Å². The maximum absolute atomic E-state index is 13.2. The number of rotatable bonds is 10. The molecule has 0 aliphatic heterocycles. The normalized spacial score (nSPS) is 13.8. The minimum Gasteiger partial charge on any atom is -0.391 e. The van der Waals surface area contributed by atoms with Crippen LogP contribution in [0.15, 0.2) is 78.9 Å². The minimum atomic E-state index is -3.66. The molecule has 9 heteroatoms. The van der Waals surface area contributed by atoms with Gasteiger partial charge in [-0.25, -0.2) is 8.42 Å². The first-order valence-electron chi connectivity index (χ1n) is 11.8. The van der Waals surface area contributed by atoms with E-state index in [1.807, 2.05) is 67.6 Å². The molecule has 0 bridgehead atoms. The molecule has 3 aromatic rings. The number of sulfonamides is 1. The molecule has 0 spiro atoms. The van der Waals surface area contributed by atoms with Gasteiger partial charge < -0.3 is 15.7 Å². The van der Waals surface area contributed by atoms with Crippen molar-refractivity contribution >= 4 is 27.5 Å². The first-order chi connectivity index (χ1) is 17.5. The van der Waals surface area contributed by atoms with Crippen molar-refractivity contribution in [3.63, 3.8) is 0 Å². The van der Waals surface area contributed by atoms with Crippen LogP contribution in [-0.2, 0) is 16.4 Å². The highest BCUT2D eigenvalue weighted by Gasteiger charge is 2.23. The second kappa shape index (κ2) is 12.0. The number of aliphatic hydroxyl groups excluding tert-OH is 1. The van der Waals surface area contributed by atoms with Crippen LogP contribution in [-0.4, -0.2) is 50.8 Å². The summed E-state index contributed by atoms with van der Waals surface area (Å²) in [7, 11) is -2.32. The fraction of sp³-hybridized carbons (Fsp3) is 0.250. The van der Waals surface area contributed by atoms with E-state index in [4.69, 9.17) is 0 Å². The van der Waals surface area contributed by atoms with E-state index in [9.17, 15) is 23.1 Å². The van der Waals surface area contributed by atoms with Crippen molar-refractivity contribution < 1.29 is 23.1 Å². The van der Waals surface area contributed by atoms with Crippen molar-refractivity contribution in [3.05, 3.63) is 108 Å². The number of nitrogens with one attached hydrogen (secondary N) is 2. The van der Waals surface area contributed by atoms with E-state index in [0.717, 1.165) is 21.7 Å². The molecule has 37 heavy (non-hydrogen) atoms. The average molecular weight is 523 g/mol. The summed E-state index contributed by atoms with van der Waals surface area (Å²) in [6, 6.07) is 21.9. The van der Waals surface area contributed by atoms with Crippen LogP contribution in [0, 0.1) is 6.92 Å². The van der Waals surface area contributed by atoms with Crippen LogP contribution in [0.2, 0.25) is 0 Å². The Hall–Kier alpha value is -3.69. The van der Waals surface area contributed by atoms with Gasteiger partial charge >= 0.3 is 0 Å². The minimum absolute atomic E-state index is 0.0734. The number of amides is 2. The Morgan fingerprint density at radius 2 is 1.43 bits per heavy atom. The Bertz CT molecular complexity index is 1330. The standard InChI is InChI=1S/C28H32N3O5S/c1-19(22-13-9-6-10-14-22)29-27(33)23-16-24(18-25(17-23)31(3)37(4,35)36)28(34)30-26(20(2)32)15-21-11-7-5-8-12-21/h5-14,16-20,26,32H,2,15H2,1,3-4H3,(H,29,33)(H,30,34)/t19-,20?,26?/m1/s1. The molecular formula is C28H32N3O5S. The van der Waals surface area contributed by atoms with Gasteiger partial charge in [0.1, 0.15) is 0 Å². The number of aliphatic hydroxyl groups is 1. The Kier molecular flexibility index (Phi) is 9.07. The number of anilines is 1. The molecule has 0 fully saturated rings. The Morgan fingerprint density at radius 1 is 0.919 bits per heavy atom. The summed E-state index contributed by atoms with van der Waals surface area (Å²) < 4.78 is 25.4. The molecule has 3 N–H and O–H groups in total. The van der Waals surface area contributed by atoms with Gasteiger partial charge in [-0.2, -0.15) is 0 Å². The highest BCUT2D eigenvalue weighted by atomic mass is 32.2. The molecule has 3 aromatic carbocycles. The summed E-state index contributed by atoms with van der Waals surface area (Å²) in [4.78, 5) is 26.4. The first kappa shape index (κ1) is 27.9. The molecule has 0 saturated carbocycles. The van der Waals surface area contributed by atoms with Crippen LogP contribution in [0.4, 0.5) is 5.69 Å². The molecule has 2 amide bonds.